The Labute approximate surface area is 137 Å². The van der Waals surface area contributed by atoms with Crippen molar-refractivity contribution < 1.29 is 18.3 Å². The van der Waals surface area contributed by atoms with Gasteiger partial charge in [-0.15, -0.1) is 0 Å². The molecule has 2 aliphatic rings. The summed E-state index contributed by atoms with van der Waals surface area (Å²) in [5.74, 6) is -0.949. The van der Waals surface area contributed by atoms with Crippen LogP contribution in [0.4, 0.5) is 0 Å². The maximum absolute atomic E-state index is 12.7. The van der Waals surface area contributed by atoms with Crippen LogP contribution >= 0.6 is 0 Å². The quantitative estimate of drug-likeness (QED) is 0.915. The average Bonchev–Trinajstić information content (AvgIpc) is 3.00. The summed E-state index contributed by atoms with van der Waals surface area (Å²) in [6, 6.07) is 5.66. The molecule has 1 aliphatic heterocycles. The van der Waals surface area contributed by atoms with Gasteiger partial charge in [-0.05, 0) is 49.3 Å². The largest absolute Gasteiger partial charge is 0.481 e. The van der Waals surface area contributed by atoms with E-state index in [0.717, 1.165) is 29.5 Å². The van der Waals surface area contributed by atoms with E-state index in [1.807, 2.05) is 32.0 Å². The van der Waals surface area contributed by atoms with Gasteiger partial charge in [-0.25, -0.2) is 12.7 Å². The van der Waals surface area contributed by atoms with E-state index in [0.29, 0.717) is 13.0 Å². The molecule has 1 aromatic rings. The van der Waals surface area contributed by atoms with Gasteiger partial charge in [0.2, 0.25) is 10.0 Å². The van der Waals surface area contributed by atoms with E-state index in [9.17, 15) is 18.3 Å². The molecule has 126 valence electrons. The van der Waals surface area contributed by atoms with Crippen LogP contribution in [0.15, 0.2) is 18.2 Å². The number of benzene rings is 1. The first-order chi connectivity index (χ1) is 10.7. The van der Waals surface area contributed by atoms with Gasteiger partial charge in [0.05, 0.1) is 11.2 Å². The molecule has 0 spiro atoms. The summed E-state index contributed by atoms with van der Waals surface area (Å²) in [5, 5.41) is 9.59. The van der Waals surface area contributed by atoms with Crippen molar-refractivity contribution in [3.05, 3.63) is 34.9 Å². The maximum Gasteiger partial charge on any atom is 0.311 e. The minimum atomic E-state index is -3.49. The lowest BCUT2D eigenvalue weighted by molar-refractivity contribution is -0.149. The van der Waals surface area contributed by atoms with Crippen LogP contribution in [0.2, 0.25) is 0 Å². The zero-order valence-corrected chi connectivity index (χ0v) is 14.4. The second-order valence-electron chi connectivity index (χ2n) is 7.02. The van der Waals surface area contributed by atoms with Crippen LogP contribution in [-0.4, -0.2) is 36.9 Å². The van der Waals surface area contributed by atoms with Crippen LogP contribution in [0.3, 0.4) is 0 Å². The van der Waals surface area contributed by atoms with Crippen molar-refractivity contribution >= 4 is 16.0 Å². The van der Waals surface area contributed by atoms with E-state index >= 15 is 0 Å². The summed E-state index contributed by atoms with van der Waals surface area (Å²) in [7, 11) is -3.49. The van der Waals surface area contributed by atoms with Crippen LogP contribution < -0.4 is 0 Å². The van der Waals surface area contributed by atoms with Gasteiger partial charge in [-0.1, -0.05) is 24.6 Å². The monoisotopic (exact) mass is 337 g/mol. The topological polar surface area (TPSA) is 74.7 Å². The molecule has 5 nitrogen and oxygen atoms in total. The fourth-order valence-electron chi connectivity index (χ4n) is 4.00. The molecule has 1 aliphatic carbocycles. The Bertz CT molecular complexity index is 743. The molecule has 1 aromatic carbocycles. The highest BCUT2D eigenvalue weighted by Crippen LogP contribution is 2.49. The SMILES string of the molecule is Cc1ccc(CS(=O)(=O)N2C[C@@H]3CCC[C@@]3(C(=O)O)C2)cc1C. The fourth-order valence-corrected chi connectivity index (χ4v) is 5.62. The molecule has 2 atom stereocenters. The zero-order valence-electron chi connectivity index (χ0n) is 13.6. The van der Waals surface area contributed by atoms with Crippen molar-refractivity contribution in [1.82, 2.24) is 4.31 Å². The lowest BCUT2D eigenvalue weighted by Gasteiger charge is -2.23. The standard InChI is InChI=1S/C17H23NO4S/c1-12-5-6-14(8-13(12)2)10-23(21,22)18-9-15-4-3-7-17(15,11-18)16(19)20/h5-6,8,15H,3-4,7,9-11H2,1-2H3,(H,19,20)/t15-,17+/m0/s1. The number of aliphatic carboxylic acids is 1. The van der Waals surface area contributed by atoms with Gasteiger partial charge < -0.3 is 5.11 Å². The highest BCUT2D eigenvalue weighted by Gasteiger charge is 2.56. The molecule has 0 amide bonds. The van der Waals surface area contributed by atoms with Gasteiger partial charge in [-0.3, -0.25) is 4.79 Å². The summed E-state index contributed by atoms with van der Waals surface area (Å²) in [6.07, 6.45) is 2.27. The first-order valence-electron chi connectivity index (χ1n) is 8.02. The maximum atomic E-state index is 12.7. The first kappa shape index (κ1) is 16.5. The Kier molecular flexibility index (Phi) is 4.01. The number of sulfonamides is 1. The number of hydrogen-bond acceptors (Lipinski definition) is 3. The van der Waals surface area contributed by atoms with Crippen LogP contribution in [0.1, 0.15) is 36.0 Å². The number of rotatable bonds is 4. The van der Waals surface area contributed by atoms with Gasteiger partial charge in [-0.2, -0.15) is 0 Å². The number of carbonyl (C=O) groups is 1. The molecule has 1 heterocycles. The Hall–Kier alpha value is -1.40. The van der Waals surface area contributed by atoms with Crippen molar-refractivity contribution in [3.8, 4) is 0 Å². The molecule has 0 radical (unpaired) electrons. The number of hydrogen-bond donors (Lipinski definition) is 1. The number of nitrogens with zero attached hydrogens (tertiary/aromatic N) is 1. The average molecular weight is 337 g/mol. The van der Waals surface area contributed by atoms with Crippen LogP contribution in [0.5, 0.6) is 0 Å². The normalized spacial score (nSPS) is 28.0. The Balaban J connectivity index is 1.81. The molecule has 1 N–H and O–H groups in total. The molecule has 0 aromatic heterocycles. The third kappa shape index (κ3) is 2.78. The van der Waals surface area contributed by atoms with Crippen LogP contribution in [-0.2, 0) is 20.6 Å². The van der Waals surface area contributed by atoms with Gasteiger partial charge in [0.1, 0.15) is 0 Å². The van der Waals surface area contributed by atoms with Crippen molar-refractivity contribution in [2.45, 2.75) is 38.9 Å². The van der Waals surface area contributed by atoms with E-state index in [1.165, 1.54) is 4.31 Å². The van der Waals surface area contributed by atoms with E-state index in [1.54, 1.807) is 0 Å². The fraction of sp³-hybridized carbons (Fsp3) is 0.588. The third-order valence-electron chi connectivity index (χ3n) is 5.58. The highest BCUT2D eigenvalue weighted by atomic mass is 32.2. The van der Waals surface area contributed by atoms with Crippen molar-refractivity contribution in [1.29, 1.82) is 0 Å². The van der Waals surface area contributed by atoms with E-state index in [-0.39, 0.29) is 18.2 Å². The summed E-state index contributed by atoms with van der Waals surface area (Å²) >= 11 is 0. The molecule has 1 saturated heterocycles. The Morgan fingerprint density at radius 1 is 1.35 bits per heavy atom. The third-order valence-corrected chi connectivity index (χ3v) is 7.34. The summed E-state index contributed by atoms with van der Waals surface area (Å²) in [6.45, 7) is 4.43. The predicted octanol–water partition coefficient (Wildman–Crippen LogP) is 2.32. The number of fused-ring (bicyclic) bond motifs is 1. The van der Waals surface area contributed by atoms with E-state index < -0.39 is 21.4 Å². The molecule has 0 unspecified atom stereocenters. The molecule has 3 rings (SSSR count). The Morgan fingerprint density at radius 3 is 2.70 bits per heavy atom. The van der Waals surface area contributed by atoms with Gasteiger partial charge in [0, 0.05) is 13.1 Å². The Morgan fingerprint density at radius 2 is 2.09 bits per heavy atom. The zero-order chi connectivity index (χ0) is 16.8. The summed E-state index contributed by atoms with van der Waals surface area (Å²) < 4.78 is 26.9. The van der Waals surface area contributed by atoms with Gasteiger partial charge in [0.25, 0.3) is 0 Å². The smallest absolute Gasteiger partial charge is 0.311 e. The van der Waals surface area contributed by atoms with E-state index in [2.05, 4.69) is 0 Å². The summed E-state index contributed by atoms with van der Waals surface area (Å²) in [5.41, 5.74) is 2.09. The molecule has 2 fully saturated rings. The lowest BCUT2D eigenvalue weighted by atomic mass is 9.81. The van der Waals surface area contributed by atoms with Gasteiger partial charge >= 0.3 is 5.97 Å². The molecular weight excluding hydrogens is 314 g/mol. The molecule has 1 saturated carbocycles. The van der Waals surface area contributed by atoms with Crippen molar-refractivity contribution in [2.24, 2.45) is 11.3 Å². The van der Waals surface area contributed by atoms with Crippen LogP contribution in [0, 0.1) is 25.2 Å². The first-order valence-corrected chi connectivity index (χ1v) is 9.63. The lowest BCUT2D eigenvalue weighted by Crippen LogP contribution is -2.37. The predicted molar refractivity (Wildman–Crippen MR) is 87.5 cm³/mol. The highest BCUT2D eigenvalue weighted by molar-refractivity contribution is 7.88. The summed E-state index contributed by atoms with van der Waals surface area (Å²) in [4.78, 5) is 11.7. The molecule has 6 heteroatoms. The van der Waals surface area contributed by atoms with E-state index in [4.69, 9.17) is 0 Å². The molecule has 23 heavy (non-hydrogen) atoms. The molecule has 0 bridgehead atoms. The van der Waals surface area contributed by atoms with Crippen LogP contribution in [0.25, 0.3) is 0 Å². The van der Waals surface area contributed by atoms with Gasteiger partial charge in [0.15, 0.2) is 0 Å². The number of carboxylic acid groups (broad SMARTS) is 1. The van der Waals surface area contributed by atoms with Crippen molar-refractivity contribution in [3.63, 3.8) is 0 Å². The molecular formula is C17H23NO4S. The number of aryl methyl sites for hydroxylation is 2. The minimum Gasteiger partial charge on any atom is -0.481 e. The number of carboxylic acids is 1. The second-order valence-corrected chi connectivity index (χ2v) is 8.99. The minimum absolute atomic E-state index is 0.0467. The second kappa shape index (κ2) is 5.60. The van der Waals surface area contributed by atoms with Crippen molar-refractivity contribution in [2.75, 3.05) is 13.1 Å².